The Morgan fingerprint density at radius 1 is 1.16 bits per heavy atom. The van der Waals surface area contributed by atoms with Crippen LogP contribution in [0.4, 0.5) is 0 Å². The molecule has 1 aliphatic rings. The summed E-state index contributed by atoms with van der Waals surface area (Å²) in [6, 6.07) is 9.86. The molecule has 1 saturated heterocycles. The van der Waals surface area contributed by atoms with Gasteiger partial charge in [-0.3, -0.25) is 4.79 Å². The number of nitrogens with one attached hydrogen (secondary N) is 1. The number of benzene rings is 1. The zero-order chi connectivity index (χ0) is 13.1. The summed E-state index contributed by atoms with van der Waals surface area (Å²) >= 11 is 1.40. The van der Waals surface area contributed by atoms with E-state index in [0.717, 1.165) is 36.5 Å². The van der Waals surface area contributed by atoms with Crippen LogP contribution in [0, 0.1) is 5.92 Å². The Labute approximate surface area is 115 Å². The monoisotopic (exact) mass is 273 g/mol. The van der Waals surface area contributed by atoms with Gasteiger partial charge in [0.2, 0.25) is 0 Å². The largest absolute Gasteiger partial charge is 0.317 e. The SMILES string of the molecule is O=C(c1nnc(-c2ccccc2)s1)C1CCNCC1. The molecule has 5 heteroatoms. The van der Waals surface area contributed by atoms with Gasteiger partial charge in [-0.15, -0.1) is 10.2 Å². The van der Waals surface area contributed by atoms with Gasteiger partial charge in [-0.2, -0.15) is 0 Å². The van der Waals surface area contributed by atoms with Gasteiger partial charge in [0.15, 0.2) is 10.8 Å². The van der Waals surface area contributed by atoms with Crippen LogP contribution in [0.25, 0.3) is 10.6 Å². The molecular weight excluding hydrogens is 258 g/mol. The summed E-state index contributed by atoms with van der Waals surface area (Å²) in [6.07, 6.45) is 1.80. The van der Waals surface area contributed by atoms with E-state index in [0.29, 0.717) is 5.01 Å². The molecule has 2 aromatic rings. The second-order valence-electron chi connectivity index (χ2n) is 4.67. The van der Waals surface area contributed by atoms with E-state index in [4.69, 9.17) is 0 Å². The van der Waals surface area contributed by atoms with Gasteiger partial charge >= 0.3 is 0 Å². The first kappa shape index (κ1) is 12.4. The van der Waals surface area contributed by atoms with Crippen molar-refractivity contribution in [3.05, 3.63) is 35.3 Å². The Bertz CT molecular complexity index is 561. The predicted octanol–water partition coefficient (Wildman–Crippen LogP) is 2.39. The van der Waals surface area contributed by atoms with Crippen molar-refractivity contribution in [3.8, 4) is 10.6 Å². The molecule has 1 fully saturated rings. The Balaban J connectivity index is 1.79. The van der Waals surface area contributed by atoms with Crippen LogP contribution in [-0.2, 0) is 0 Å². The van der Waals surface area contributed by atoms with Crippen molar-refractivity contribution in [1.29, 1.82) is 0 Å². The number of nitrogens with zero attached hydrogens (tertiary/aromatic N) is 2. The molecule has 98 valence electrons. The molecule has 0 spiro atoms. The normalized spacial score (nSPS) is 16.4. The fraction of sp³-hybridized carbons (Fsp3) is 0.357. The maximum absolute atomic E-state index is 12.3. The van der Waals surface area contributed by atoms with E-state index >= 15 is 0 Å². The molecule has 0 amide bonds. The van der Waals surface area contributed by atoms with Crippen molar-refractivity contribution in [3.63, 3.8) is 0 Å². The molecule has 0 saturated carbocycles. The number of rotatable bonds is 3. The van der Waals surface area contributed by atoms with E-state index < -0.39 is 0 Å². The topological polar surface area (TPSA) is 54.9 Å². The minimum absolute atomic E-state index is 0.109. The maximum atomic E-state index is 12.3. The number of aromatic nitrogens is 2. The molecule has 4 nitrogen and oxygen atoms in total. The number of carbonyl (C=O) groups excluding carboxylic acids is 1. The van der Waals surface area contributed by atoms with E-state index in [-0.39, 0.29) is 11.7 Å². The highest BCUT2D eigenvalue weighted by Crippen LogP contribution is 2.26. The van der Waals surface area contributed by atoms with E-state index in [1.807, 2.05) is 30.3 Å². The number of Topliss-reactive ketones (excluding diaryl/α,β-unsaturated/α-hetero) is 1. The summed E-state index contributed by atoms with van der Waals surface area (Å²) in [5.74, 6) is 0.263. The zero-order valence-corrected chi connectivity index (χ0v) is 11.3. The number of piperidine rings is 1. The molecule has 0 bridgehead atoms. The van der Waals surface area contributed by atoms with Crippen LogP contribution in [0.1, 0.15) is 22.6 Å². The summed E-state index contributed by atoms with van der Waals surface area (Å²) in [6.45, 7) is 1.83. The fourth-order valence-corrected chi connectivity index (χ4v) is 3.15. The van der Waals surface area contributed by atoms with Crippen LogP contribution < -0.4 is 5.32 Å². The molecule has 0 unspecified atom stereocenters. The standard InChI is InChI=1S/C14H15N3OS/c18-12(10-6-8-15-9-7-10)14-17-16-13(19-14)11-4-2-1-3-5-11/h1-5,10,15H,6-9H2. The van der Waals surface area contributed by atoms with E-state index in [1.54, 1.807) is 0 Å². The molecule has 0 aliphatic carbocycles. The number of hydrogen-bond donors (Lipinski definition) is 1. The molecule has 1 aromatic heterocycles. The fourth-order valence-electron chi connectivity index (χ4n) is 2.28. The average Bonchev–Trinajstić information content (AvgIpc) is 2.98. The molecule has 1 N–H and O–H groups in total. The van der Waals surface area contributed by atoms with Crippen molar-refractivity contribution < 1.29 is 4.79 Å². The highest BCUT2D eigenvalue weighted by Gasteiger charge is 2.25. The van der Waals surface area contributed by atoms with Gasteiger partial charge in [0.05, 0.1) is 0 Å². The minimum Gasteiger partial charge on any atom is -0.317 e. The van der Waals surface area contributed by atoms with Gasteiger partial charge in [-0.25, -0.2) is 0 Å². The first-order chi connectivity index (χ1) is 9.34. The lowest BCUT2D eigenvalue weighted by atomic mass is 9.94. The van der Waals surface area contributed by atoms with Gasteiger partial charge in [-0.1, -0.05) is 41.7 Å². The van der Waals surface area contributed by atoms with Crippen LogP contribution >= 0.6 is 11.3 Å². The third kappa shape index (κ3) is 2.72. The Morgan fingerprint density at radius 2 is 1.89 bits per heavy atom. The molecule has 19 heavy (non-hydrogen) atoms. The summed E-state index contributed by atoms with van der Waals surface area (Å²) in [5, 5.41) is 12.8. The zero-order valence-electron chi connectivity index (χ0n) is 10.5. The van der Waals surface area contributed by atoms with Crippen LogP contribution in [0.15, 0.2) is 30.3 Å². The van der Waals surface area contributed by atoms with Crippen LogP contribution in [0.2, 0.25) is 0 Å². The van der Waals surface area contributed by atoms with Gasteiger partial charge in [0.1, 0.15) is 5.01 Å². The lowest BCUT2D eigenvalue weighted by Crippen LogP contribution is -2.31. The van der Waals surface area contributed by atoms with Crippen molar-refractivity contribution in [2.75, 3.05) is 13.1 Å². The smallest absolute Gasteiger partial charge is 0.196 e. The van der Waals surface area contributed by atoms with E-state index in [2.05, 4.69) is 15.5 Å². The van der Waals surface area contributed by atoms with Crippen LogP contribution in [0.5, 0.6) is 0 Å². The van der Waals surface area contributed by atoms with Crippen molar-refractivity contribution in [1.82, 2.24) is 15.5 Å². The Kier molecular flexibility index (Phi) is 3.66. The summed E-state index contributed by atoms with van der Waals surface area (Å²) in [4.78, 5) is 12.3. The molecule has 2 heterocycles. The number of hydrogen-bond acceptors (Lipinski definition) is 5. The van der Waals surface area contributed by atoms with E-state index in [1.165, 1.54) is 11.3 Å². The quantitative estimate of drug-likeness (QED) is 0.872. The molecule has 0 atom stereocenters. The first-order valence-electron chi connectivity index (χ1n) is 6.48. The van der Waals surface area contributed by atoms with Gasteiger partial charge in [-0.05, 0) is 25.9 Å². The van der Waals surface area contributed by atoms with Crippen molar-refractivity contribution in [2.24, 2.45) is 5.92 Å². The number of carbonyl (C=O) groups is 1. The van der Waals surface area contributed by atoms with Gasteiger partial charge in [0, 0.05) is 11.5 Å². The van der Waals surface area contributed by atoms with Gasteiger partial charge in [0.25, 0.3) is 0 Å². The molecule has 1 aliphatic heterocycles. The number of ketones is 1. The lowest BCUT2D eigenvalue weighted by molar-refractivity contribution is 0.0894. The molecule has 3 rings (SSSR count). The summed E-state index contributed by atoms with van der Waals surface area (Å²) in [7, 11) is 0. The highest BCUT2D eigenvalue weighted by atomic mass is 32.1. The lowest BCUT2D eigenvalue weighted by Gasteiger charge is -2.19. The Morgan fingerprint density at radius 3 is 2.63 bits per heavy atom. The summed E-state index contributed by atoms with van der Waals surface area (Å²) in [5.41, 5.74) is 1.02. The van der Waals surface area contributed by atoms with Crippen molar-refractivity contribution in [2.45, 2.75) is 12.8 Å². The van der Waals surface area contributed by atoms with Crippen LogP contribution in [0.3, 0.4) is 0 Å². The third-order valence-corrected chi connectivity index (χ3v) is 4.35. The minimum atomic E-state index is 0.109. The highest BCUT2D eigenvalue weighted by molar-refractivity contribution is 7.16. The second-order valence-corrected chi connectivity index (χ2v) is 5.64. The molecule has 1 aromatic carbocycles. The maximum Gasteiger partial charge on any atom is 0.196 e. The molecular formula is C14H15N3OS. The first-order valence-corrected chi connectivity index (χ1v) is 7.30. The average molecular weight is 273 g/mol. The van der Waals surface area contributed by atoms with Gasteiger partial charge < -0.3 is 5.32 Å². The Hall–Kier alpha value is -1.59. The molecule has 0 radical (unpaired) electrons. The predicted molar refractivity (Wildman–Crippen MR) is 75.3 cm³/mol. The van der Waals surface area contributed by atoms with E-state index in [9.17, 15) is 4.79 Å². The summed E-state index contributed by atoms with van der Waals surface area (Å²) < 4.78 is 0. The third-order valence-electron chi connectivity index (χ3n) is 3.37. The van der Waals surface area contributed by atoms with Crippen molar-refractivity contribution >= 4 is 17.1 Å². The van der Waals surface area contributed by atoms with Crippen LogP contribution in [-0.4, -0.2) is 29.1 Å². The second kappa shape index (κ2) is 5.59.